The highest BCUT2D eigenvalue weighted by atomic mass is 16.3. The predicted octanol–water partition coefficient (Wildman–Crippen LogP) is 0.535. The van der Waals surface area contributed by atoms with Crippen LogP contribution in [0.4, 0.5) is 0 Å². The van der Waals surface area contributed by atoms with E-state index in [1.165, 1.54) is 0 Å². The molecule has 0 radical (unpaired) electrons. The van der Waals surface area contributed by atoms with E-state index in [1.54, 1.807) is 24.3 Å². The average Bonchev–Trinajstić information content (AvgIpc) is 2.17. The van der Waals surface area contributed by atoms with Crippen LogP contribution >= 0.6 is 0 Å². The van der Waals surface area contributed by atoms with Gasteiger partial charge in [-0.25, -0.2) is 0 Å². The Bertz CT molecular complexity index is 239. The largest absolute Gasteiger partial charge is 0.508 e. The van der Waals surface area contributed by atoms with Crippen LogP contribution in [0.3, 0.4) is 0 Å². The van der Waals surface area contributed by atoms with E-state index in [0.29, 0.717) is 6.42 Å². The van der Waals surface area contributed by atoms with Gasteiger partial charge in [0.2, 0.25) is 0 Å². The van der Waals surface area contributed by atoms with Gasteiger partial charge < -0.3 is 15.3 Å². The average molecular weight is 182 g/mol. The third kappa shape index (κ3) is 3.05. The van der Waals surface area contributed by atoms with E-state index < -0.39 is 0 Å². The summed E-state index contributed by atoms with van der Waals surface area (Å²) < 4.78 is 0. The Morgan fingerprint density at radius 3 is 2.00 bits per heavy atom. The molecule has 3 heteroatoms. The van der Waals surface area contributed by atoms with Crippen molar-refractivity contribution in [3.63, 3.8) is 0 Å². The van der Waals surface area contributed by atoms with Crippen molar-refractivity contribution in [2.75, 3.05) is 13.2 Å². The van der Waals surface area contributed by atoms with Gasteiger partial charge in [0.25, 0.3) is 0 Å². The van der Waals surface area contributed by atoms with Gasteiger partial charge in [-0.05, 0) is 24.1 Å². The molecule has 0 saturated heterocycles. The van der Waals surface area contributed by atoms with E-state index in [9.17, 15) is 0 Å². The summed E-state index contributed by atoms with van der Waals surface area (Å²) in [7, 11) is 0. The van der Waals surface area contributed by atoms with Crippen molar-refractivity contribution in [3.05, 3.63) is 29.8 Å². The van der Waals surface area contributed by atoms with Crippen molar-refractivity contribution in [2.24, 2.45) is 5.92 Å². The van der Waals surface area contributed by atoms with E-state index >= 15 is 0 Å². The Hall–Kier alpha value is -1.06. The summed E-state index contributed by atoms with van der Waals surface area (Å²) in [6.45, 7) is -0.0330. The molecule has 0 aromatic heterocycles. The van der Waals surface area contributed by atoms with Gasteiger partial charge in [0.15, 0.2) is 0 Å². The van der Waals surface area contributed by atoms with Gasteiger partial charge in [-0.15, -0.1) is 0 Å². The number of rotatable bonds is 4. The quantitative estimate of drug-likeness (QED) is 0.636. The van der Waals surface area contributed by atoms with E-state index in [0.717, 1.165) is 5.56 Å². The molecule has 0 amide bonds. The molecule has 13 heavy (non-hydrogen) atoms. The van der Waals surface area contributed by atoms with Gasteiger partial charge in [-0.3, -0.25) is 0 Å². The van der Waals surface area contributed by atoms with Crippen LogP contribution in [0.15, 0.2) is 24.3 Å². The second kappa shape index (κ2) is 4.84. The van der Waals surface area contributed by atoms with Crippen LogP contribution in [0.2, 0.25) is 0 Å². The van der Waals surface area contributed by atoms with Gasteiger partial charge in [-0.1, -0.05) is 12.1 Å². The van der Waals surface area contributed by atoms with Crippen LogP contribution < -0.4 is 0 Å². The second-order valence-electron chi connectivity index (χ2n) is 3.10. The first-order chi connectivity index (χ1) is 6.26. The molecule has 3 N–H and O–H groups in total. The summed E-state index contributed by atoms with van der Waals surface area (Å²) in [5.74, 6) is 0.123. The molecule has 0 saturated carbocycles. The van der Waals surface area contributed by atoms with Crippen molar-refractivity contribution in [3.8, 4) is 5.75 Å². The number of hydrogen-bond acceptors (Lipinski definition) is 3. The van der Waals surface area contributed by atoms with Gasteiger partial charge in [0.05, 0.1) is 0 Å². The lowest BCUT2D eigenvalue weighted by Crippen LogP contribution is -2.13. The predicted molar refractivity (Wildman–Crippen MR) is 49.5 cm³/mol. The second-order valence-corrected chi connectivity index (χ2v) is 3.10. The summed E-state index contributed by atoms with van der Waals surface area (Å²) in [5, 5.41) is 26.7. The van der Waals surface area contributed by atoms with Crippen LogP contribution in [0.25, 0.3) is 0 Å². The molecule has 1 aromatic rings. The van der Waals surface area contributed by atoms with Gasteiger partial charge in [0, 0.05) is 19.1 Å². The number of aromatic hydroxyl groups is 1. The van der Waals surface area contributed by atoms with E-state index in [-0.39, 0.29) is 24.9 Å². The zero-order valence-corrected chi connectivity index (χ0v) is 7.35. The van der Waals surface area contributed by atoms with Crippen LogP contribution in [0, 0.1) is 5.92 Å². The minimum absolute atomic E-state index is 0.0165. The Morgan fingerprint density at radius 1 is 1.00 bits per heavy atom. The van der Waals surface area contributed by atoms with Gasteiger partial charge >= 0.3 is 0 Å². The molecule has 0 heterocycles. The fourth-order valence-corrected chi connectivity index (χ4v) is 1.15. The summed E-state index contributed by atoms with van der Waals surface area (Å²) in [6, 6.07) is 6.77. The molecular weight excluding hydrogens is 168 g/mol. The van der Waals surface area contributed by atoms with Crippen LogP contribution in [0.1, 0.15) is 5.56 Å². The molecule has 72 valence electrons. The number of benzene rings is 1. The first-order valence-electron chi connectivity index (χ1n) is 4.26. The molecular formula is C10H14O3. The maximum atomic E-state index is 9.01. The highest BCUT2D eigenvalue weighted by molar-refractivity contribution is 5.26. The summed E-state index contributed by atoms with van der Waals surface area (Å²) >= 11 is 0. The monoisotopic (exact) mass is 182 g/mol. The summed E-state index contributed by atoms with van der Waals surface area (Å²) in [4.78, 5) is 0. The van der Waals surface area contributed by atoms with Gasteiger partial charge in [-0.2, -0.15) is 0 Å². The summed E-state index contributed by atoms with van der Waals surface area (Å²) in [6.07, 6.45) is 0.632. The highest BCUT2D eigenvalue weighted by Gasteiger charge is 2.06. The minimum atomic E-state index is -0.107. The Balaban J connectivity index is 2.58. The van der Waals surface area contributed by atoms with Crippen molar-refractivity contribution >= 4 is 0 Å². The number of aliphatic hydroxyl groups is 2. The number of phenols is 1. The Morgan fingerprint density at radius 2 is 1.54 bits per heavy atom. The summed E-state index contributed by atoms with van der Waals surface area (Å²) in [5.41, 5.74) is 1.01. The zero-order valence-electron chi connectivity index (χ0n) is 7.35. The molecule has 1 aromatic carbocycles. The van der Waals surface area contributed by atoms with E-state index in [2.05, 4.69) is 0 Å². The number of phenolic OH excluding ortho intramolecular Hbond substituents is 1. The van der Waals surface area contributed by atoms with Crippen molar-refractivity contribution in [2.45, 2.75) is 6.42 Å². The van der Waals surface area contributed by atoms with Crippen LogP contribution in [-0.2, 0) is 6.42 Å². The molecule has 0 aliphatic rings. The third-order valence-corrected chi connectivity index (χ3v) is 1.98. The third-order valence-electron chi connectivity index (χ3n) is 1.98. The molecule has 0 bridgehead atoms. The van der Waals surface area contributed by atoms with Crippen molar-refractivity contribution in [1.82, 2.24) is 0 Å². The fourth-order valence-electron chi connectivity index (χ4n) is 1.15. The standard InChI is InChI=1S/C10H14O3/c11-6-9(7-12)5-8-1-3-10(13)4-2-8/h1-4,9,11-13H,5-7H2. The molecule has 0 spiro atoms. The fraction of sp³-hybridized carbons (Fsp3) is 0.400. The molecule has 1 rings (SSSR count). The maximum absolute atomic E-state index is 9.01. The smallest absolute Gasteiger partial charge is 0.115 e. The SMILES string of the molecule is OCC(CO)Cc1ccc(O)cc1. The molecule has 0 fully saturated rings. The lowest BCUT2D eigenvalue weighted by atomic mass is 10.0. The first-order valence-corrected chi connectivity index (χ1v) is 4.26. The lowest BCUT2D eigenvalue weighted by Gasteiger charge is -2.10. The lowest BCUT2D eigenvalue weighted by molar-refractivity contribution is 0.150. The molecule has 0 aliphatic heterocycles. The van der Waals surface area contributed by atoms with Crippen LogP contribution in [0.5, 0.6) is 5.75 Å². The Labute approximate surface area is 77.3 Å². The highest BCUT2D eigenvalue weighted by Crippen LogP contribution is 2.13. The van der Waals surface area contributed by atoms with Crippen molar-refractivity contribution < 1.29 is 15.3 Å². The number of aliphatic hydroxyl groups excluding tert-OH is 2. The van der Waals surface area contributed by atoms with E-state index in [1.807, 2.05) is 0 Å². The normalized spacial score (nSPS) is 10.7. The van der Waals surface area contributed by atoms with Crippen molar-refractivity contribution in [1.29, 1.82) is 0 Å². The molecule has 0 atom stereocenters. The molecule has 3 nitrogen and oxygen atoms in total. The number of hydrogen-bond donors (Lipinski definition) is 3. The van der Waals surface area contributed by atoms with Gasteiger partial charge in [0.1, 0.15) is 5.75 Å². The van der Waals surface area contributed by atoms with Crippen LogP contribution in [-0.4, -0.2) is 28.5 Å². The Kier molecular flexibility index (Phi) is 3.73. The maximum Gasteiger partial charge on any atom is 0.115 e. The first kappa shape index (κ1) is 10.0. The topological polar surface area (TPSA) is 60.7 Å². The van der Waals surface area contributed by atoms with E-state index in [4.69, 9.17) is 15.3 Å². The minimum Gasteiger partial charge on any atom is -0.508 e. The molecule has 0 aliphatic carbocycles. The zero-order chi connectivity index (χ0) is 9.68. The molecule has 0 unspecified atom stereocenters.